The fourth-order valence-electron chi connectivity index (χ4n) is 2.75. The lowest BCUT2D eigenvalue weighted by Crippen LogP contribution is -2.23. The molecule has 0 bridgehead atoms. The zero-order valence-electron chi connectivity index (χ0n) is 16.3. The minimum atomic E-state index is -0.0419. The topological polar surface area (TPSA) is 84.2 Å². The molecule has 1 aromatic carbocycles. The minimum absolute atomic E-state index is 0.0419. The van der Waals surface area contributed by atoms with Crippen molar-refractivity contribution in [2.24, 2.45) is 0 Å². The summed E-state index contributed by atoms with van der Waals surface area (Å²) in [5.74, 6) is 0.915. The standard InChI is InChI=1S/C21H25N5O2/c1-3-26(2)15-17-6-4-5-16(13-17)14-23-19(27)7-8-20-24-21(25-28-20)18-9-11-22-12-10-18/h4-6,9-13H,3,7-8,14-15H2,1-2H3,(H,23,27). The van der Waals surface area contributed by atoms with Gasteiger partial charge in [0, 0.05) is 43.9 Å². The number of nitrogens with one attached hydrogen (secondary N) is 1. The van der Waals surface area contributed by atoms with Crippen LogP contribution in [0.15, 0.2) is 53.3 Å². The molecule has 0 saturated carbocycles. The number of aromatic nitrogens is 3. The van der Waals surface area contributed by atoms with E-state index in [1.807, 2.05) is 24.3 Å². The Hall–Kier alpha value is -3.06. The molecule has 0 unspecified atom stereocenters. The molecule has 146 valence electrons. The molecule has 0 saturated heterocycles. The monoisotopic (exact) mass is 379 g/mol. The number of pyridine rings is 1. The summed E-state index contributed by atoms with van der Waals surface area (Å²) in [5, 5.41) is 6.90. The number of hydrogen-bond acceptors (Lipinski definition) is 6. The Labute approximate surface area is 164 Å². The van der Waals surface area contributed by atoms with Gasteiger partial charge in [0.05, 0.1) is 0 Å². The van der Waals surface area contributed by atoms with Crippen LogP contribution in [0.1, 0.15) is 30.4 Å². The van der Waals surface area contributed by atoms with Crippen LogP contribution in [0.4, 0.5) is 0 Å². The highest BCUT2D eigenvalue weighted by Crippen LogP contribution is 2.14. The molecule has 2 aromatic heterocycles. The molecule has 1 amide bonds. The Morgan fingerprint density at radius 3 is 2.75 bits per heavy atom. The second kappa shape index (κ2) is 9.75. The summed E-state index contributed by atoms with van der Waals surface area (Å²) >= 11 is 0. The molecule has 3 rings (SSSR count). The third-order valence-corrected chi connectivity index (χ3v) is 4.45. The minimum Gasteiger partial charge on any atom is -0.352 e. The molecule has 0 aliphatic heterocycles. The summed E-state index contributed by atoms with van der Waals surface area (Å²) in [5.41, 5.74) is 3.17. The SMILES string of the molecule is CCN(C)Cc1cccc(CNC(=O)CCc2nc(-c3ccncc3)no2)c1. The zero-order valence-corrected chi connectivity index (χ0v) is 16.3. The fourth-order valence-corrected chi connectivity index (χ4v) is 2.75. The molecule has 0 spiro atoms. The van der Waals surface area contributed by atoms with Gasteiger partial charge >= 0.3 is 0 Å². The molecule has 1 N–H and O–H groups in total. The smallest absolute Gasteiger partial charge is 0.227 e. The predicted octanol–water partition coefficient (Wildman–Crippen LogP) is 2.83. The van der Waals surface area contributed by atoms with E-state index in [4.69, 9.17) is 4.52 Å². The molecule has 0 atom stereocenters. The third kappa shape index (κ3) is 5.72. The summed E-state index contributed by atoms with van der Waals surface area (Å²) in [6, 6.07) is 11.9. The quantitative estimate of drug-likeness (QED) is 0.615. The third-order valence-electron chi connectivity index (χ3n) is 4.45. The highest BCUT2D eigenvalue weighted by molar-refractivity contribution is 5.76. The molecule has 3 aromatic rings. The Balaban J connectivity index is 1.46. The summed E-state index contributed by atoms with van der Waals surface area (Å²) in [6.07, 6.45) is 4.06. The van der Waals surface area contributed by atoms with Gasteiger partial charge in [-0.15, -0.1) is 0 Å². The highest BCUT2D eigenvalue weighted by atomic mass is 16.5. The zero-order chi connectivity index (χ0) is 19.8. The average molecular weight is 379 g/mol. The van der Waals surface area contributed by atoms with Crippen molar-refractivity contribution in [1.82, 2.24) is 25.3 Å². The molecule has 28 heavy (non-hydrogen) atoms. The van der Waals surface area contributed by atoms with Gasteiger partial charge in [-0.1, -0.05) is 36.3 Å². The van der Waals surface area contributed by atoms with Gasteiger partial charge in [-0.2, -0.15) is 4.98 Å². The number of nitrogens with zero attached hydrogens (tertiary/aromatic N) is 4. The first-order valence-corrected chi connectivity index (χ1v) is 9.40. The van der Waals surface area contributed by atoms with Crippen LogP contribution in [0.25, 0.3) is 11.4 Å². The molecule has 0 fully saturated rings. The Kier molecular flexibility index (Phi) is 6.86. The molecule has 0 aliphatic carbocycles. The van der Waals surface area contributed by atoms with Crippen LogP contribution in [-0.2, 0) is 24.3 Å². The molecule has 7 nitrogen and oxygen atoms in total. The van der Waals surface area contributed by atoms with Gasteiger partial charge in [-0.3, -0.25) is 9.78 Å². The predicted molar refractivity (Wildman–Crippen MR) is 106 cm³/mol. The first-order chi connectivity index (χ1) is 13.6. The van der Waals surface area contributed by atoms with E-state index < -0.39 is 0 Å². The van der Waals surface area contributed by atoms with E-state index >= 15 is 0 Å². The number of aryl methyl sites for hydroxylation is 1. The number of rotatable bonds is 9. The van der Waals surface area contributed by atoms with E-state index in [0.29, 0.717) is 31.1 Å². The van der Waals surface area contributed by atoms with E-state index in [1.54, 1.807) is 12.4 Å². The number of amides is 1. The number of carbonyl (C=O) groups is 1. The van der Waals surface area contributed by atoms with E-state index in [1.165, 1.54) is 5.56 Å². The van der Waals surface area contributed by atoms with E-state index in [0.717, 1.165) is 24.2 Å². The van der Waals surface area contributed by atoms with Crippen LogP contribution < -0.4 is 5.32 Å². The van der Waals surface area contributed by atoms with Crippen molar-refractivity contribution >= 4 is 5.91 Å². The van der Waals surface area contributed by atoms with E-state index in [2.05, 4.69) is 51.4 Å². The van der Waals surface area contributed by atoms with Gasteiger partial charge in [0.25, 0.3) is 0 Å². The maximum absolute atomic E-state index is 12.2. The van der Waals surface area contributed by atoms with Crippen molar-refractivity contribution < 1.29 is 9.32 Å². The Bertz CT molecular complexity index is 895. The van der Waals surface area contributed by atoms with Crippen LogP contribution in [0, 0.1) is 0 Å². The van der Waals surface area contributed by atoms with Crippen molar-refractivity contribution in [1.29, 1.82) is 0 Å². The molecule has 2 heterocycles. The summed E-state index contributed by atoms with van der Waals surface area (Å²) in [4.78, 5) is 22.7. The van der Waals surface area contributed by atoms with Crippen LogP contribution >= 0.6 is 0 Å². The van der Waals surface area contributed by atoms with E-state index in [-0.39, 0.29) is 5.91 Å². The first-order valence-electron chi connectivity index (χ1n) is 9.40. The Morgan fingerprint density at radius 2 is 1.96 bits per heavy atom. The van der Waals surface area contributed by atoms with Gasteiger partial charge in [0.1, 0.15) is 0 Å². The molecular formula is C21H25N5O2. The number of hydrogen-bond donors (Lipinski definition) is 1. The van der Waals surface area contributed by atoms with Crippen LogP contribution in [-0.4, -0.2) is 39.5 Å². The highest BCUT2D eigenvalue weighted by Gasteiger charge is 2.10. The van der Waals surface area contributed by atoms with Crippen molar-refractivity contribution in [3.63, 3.8) is 0 Å². The fraction of sp³-hybridized carbons (Fsp3) is 0.333. The first kappa shape index (κ1) is 19.7. The lowest BCUT2D eigenvalue weighted by Gasteiger charge is -2.14. The lowest BCUT2D eigenvalue weighted by atomic mass is 10.1. The van der Waals surface area contributed by atoms with Crippen molar-refractivity contribution in [3.05, 3.63) is 65.8 Å². The summed E-state index contributed by atoms with van der Waals surface area (Å²) < 4.78 is 5.23. The van der Waals surface area contributed by atoms with Gasteiger partial charge < -0.3 is 14.7 Å². The van der Waals surface area contributed by atoms with Crippen molar-refractivity contribution in [2.75, 3.05) is 13.6 Å². The number of carbonyl (C=O) groups excluding carboxylic acids is 1. The summed E-state index contributed by atoms with van der Waals surface area (Å²) in [6.45, 7) is 4.54. The molecule has 0 aliphatic rings. The maximum Gasteiger partial charge on any atom is 0.227 e. The van der Waals surface area contributed by atoms with Crippen LogP contribution in [0.2, 0.25) is 0 Å². The molecular weight excluding hydrogens is 354 g/mol. The van der Waals surface area contributed by atoms with Crippen molar-refractivity contribution in [2.45, 2.75) is 32.9 Å². The molecule has 7 heteroatoms. The second-order valence-electron chi connectivity index (χ2n) is 6.67. The summed E-state index contributed by atoms with van der Waals surface area (Å²) in [7, 11) is 2.09. The largest absolute Gasteiger partial charge is 0.352 e. The maximum atomic E-state index is 12.2. The number of benzene rings is 1. The van der Waals surface area contributed by atoms with Crippen LogP contribution in [0.3, 0.4) is 0 Å². The van der Waals surface area contributed by atoms with Crippen molar-refractivity contribution in [3.8, 4) is 11.4 Å². The lowest BCUT2D eigenvalue weighted by molar-refractivity contribution is -0.121. The molecule has 0 radical (unpaired) electrons. The van der Waals surface area contributed by atoms with Gasteiger partial charge in [-0.05, 0) is 36.9 Å². The van der Waals surface area contributed by atoms with Crippen LogP contribution in [0.5, 0.6) is 0 Å². The average Bonchev–Trinajstić information content (AvgIpc) is 3.21. The van der Waals surface area contributed by atoms with Gasteiger partial charge in [0.15, 0.2) is 0 Å². The Morgan fingerprint density at radius 1 is 1.18 bits per heavy atom. The van der Waals surface area contributed by atoms with Gasteiger partial charge in [0.2, 0.25) is 17.6 Å². The van der Waals surface area contributed by atoms with Gasteiger partial charge in [-0.25, -0.2) is 0 Å². The second-order valence-corrected chi connectivity index (χ2v) is 6.67. The normalized spacial score (nSPS) is 11.0. The van der Waals surface area contributed by atoms with E-state index in [9.17, 15) is 4.79 Å².